The molecule has 1 fully saturated rings. The van der Waals surface area contributed by atoms with Gasteiger partial charge in [-0.05, 0) is 33.9 Å². The van der Waals surface area contributed by atoms with E-state index in [4.69, 9.17) is 5.26 Å². The molecule has 1 aliphatic heterocycles. The average Bonchev–Trinajstić information content (AvgIpc) is 2.28. The van der Waals surface area contributed by atoms with E-state index >= 15 is 0 Å². The predicted octanol–water partition coefficient (Wildman–Crippen LogP) is 0.254. The Morgan fingerprint density at radius 3 is 2.62 bits per heavy atom. The number of nitriles is 1. The van der Waals surface area contributed by atoms with Crippen molar-refractivity contribution in [1.82, 2.24) is 9.21 Å². The van der Waals surface area contributed by atoms with Crippen LogP contribution in [0.5, 0.6) is 0 Å². The van der Waals surface area contributed by atoms with Crippen LogP contribution in [-0.4, -0.2) is 56.1 Å². The van der Waals surface area contributed by atoms with Gasteiger partial charge in [0.2, 0.25) is 10.0 Å². The summed E-state index contributed by atoms with van der Waals surface area (Å²) < 4.78 is 25.4. The summed E-state index contributed by atoms with van der Waals surface area (Å²) in [5.41, 5.74) is 0. The van der Waals surface area contributed by atoms with Gasteiger partial charge in [0.25, 0.3) is 0 Å². The molecule has 1 aliphatic rings. The first kappa shape index (κ1) is 13.4. The molecule has 0 radical (unpaired) electrons. The van der Waals surface area contributed by atoms with E-state index in [2.05, 4.69) is 0 Å². The standard InChI is InChI=1S/C10H19N3O2S/c1-9(7-11)16(14,15)13-6-4-5-10(8-13)12(2)3/h9-10H,4-6,8H2,1-3H3. The number of hydrogen-bond acceptors (Lipinski definition) is 4. The van der Waals surface area contributed by atoms with Gasteiger partial charge in [-0.25, -0.2) is 8.42 Å². The Labute approximate surface area is 97.7 Å². The van der Waals surface area contributed by atoms with Gasteiger partial charge in [0.05, 0.1) is 6.07 Å². The molecule has 1 heterocycles. The van der Waals surface area contributed by atoms with Crippen molar-refractivity contribution in [2.24, 2.45) is 0 Å². The van der Waals surface area contributed by atoms with E-state index in [1.807, 2.05) is 19.0 Å². The molecule has 1 rings (SSSR count). The van der Waals surface area contributed by atoms with E-state index in [0.717, 1.165) is 12.8 Å². The molecule has 2 unspecified atom stereocenters. The van der Waals surface area contributed by atoms with Crippen LogP contribution < -0.4 is 0 Å². The molecule has 92 valence electrons. The van der Waals surface area contributed by atoms with Crippen LogP contribution in [0.4, 0.5) is 0 Å². The first-order chi connectivity index (χ1) is 7.39. The second-order valence-electron chi connectivity index (χ2n) is 4.43. The zero-order valence-electron chi connectivity index (χ0n) is 10.0. The zero-order valence-corrected chi connectivity index (χ0v) is 10.9. The summed E-state index contributed by atoms with van der Waals surface area (Å²) >= 11 is 0. The molecule has 2 atom stereocenters. The monoisotopic (exact) mass is 245 g/mol. The summed E-state index contributed by atoms with van der Waals surface area (Å²) in [5.74, 6) is 0. The van der Waals surface area contributed by atoms with E-state index in [0.29, 0.717) is 13.1 Å². The molecule has 0 aromatic carbocycles. The molecule has 0 aromatic heterocycles. The van der Waals surface area contributed by atoms with Crippen molar-refractivity contribution in [3.05, 3.63) is 0 Å². The lowest BCUT2D eigenvalue weighted by molar-refractivity contribution is 0.190. The Balaban J connectivity index is 2.79. The molecule has 0 aliphatic carbocycles. The topological polar surface area (TPSA) is 64.4 Å². The molecule has 0 N–H and O–H groups in total. The zero-order chi connectivity index (χ0) is 12.3. The second-order valence-corrected chi connectivity index (χ2v) is 6.69. The molecule has 0 bridgehead atoms. The van der Waals surface area contributed by atoms with Crippen LogP contribution in [-0.2, 0) is 10.0 Å². The summed E-state index contributed by atoms with van der Waals surface area (Å²) in [6.07, 6.45) is 1.88. The summed E-state index contributed by atoms with van der Waals surface area (Å²) in [5, 5.41) is 7.76. The van der Waals surface area contributed by atoms with Crippen molar-refractivity contribution < 1.29 is 8.42 Å². The Kier molecular flexibility index (Phi) is 4.30. The van der Waals surface area contributed by atoms with Gasteiger partial charge in [-0.2, -0.15) is 9.57 Å². The quantitative estimate of drug-likeness (QED) is 0.715. The van der Waals surface area contributed by atoms with Crippen molar-refractivity contribution in [3.8, 4) is 6.07 Å². The maximum atomic E-state index is 12.0. The Morgan fingerprint density at radius 1 is 1.50 bits per heavy atom. The third-order valence-corrected chi connectivity index (χ3v) is 5.13. The number of piperidine rings is 1. The van der Waals surface area contributed by atoms with E-state index in [1.165, 1.54) is 11.2 Å². The Morgan fingerprint density at radius 2 is 2.12 bits per heavy atom. The van der Waals surface area contributed by atoms with Crippen LogP contribution in [0, 0.1) is 11.3 Å². The number of nitrogens with zero attached hydrogens (tertiary/aromatic N) is 3. The summed E-state index contributed by atoms with van der Waals surface area (Å²) in [6, 6.07) is 2.06. The molecule has 0 amide bonds. The highest BCUT2D eigenvalue weighted by Gasteiger charge is 2.33. The van der Waals surface area contributed by atoms with Gasteiger partial charge in [-0.15, -0.1) is 0 Å². The van der Waals surface area contributed by atoms with Gasteiger partial charge < -0.3 is 4.90 Å². The van der Waals surface area contributed by atoms with Gasteiger partial charge >= 0.3 is 0 Å². The highest BCUT2D eigenvalue weighted by molar-refractivity contribution is 7.89. The fourth-order valence-electron chi connectivity index (χ4n) is 1.86. The smallest absolute Gasteiger partial charge is 0.230 e. The number of hydrogen-bond donors (Lipinski definition) is 0. The minimum Gasteiger partial charge on any atom is -0.305 e. The lowest BCUT2D eigenvalue weighted by Crippen LogP contribution is -2.49. The molecular formula is C10H19N3O2S. The van der Waals surface area contributed by atoms with Crippen LogP contribution >= 0.6 is 0 Å². The van der Waals surface area contributed by atoms with Gasteiger partial charge in [0.1, 0.15) is 0 Å². The normalized spacial score (nSPS) is 25.3. The van der Waals surface area contributed by atoms with Crippen molar-refractivity contribution in [1.29, 1.82) is 5.26 Å². The Hall–Kier alpha value is -0.640. The molecular weight excluding hydrogens is 226 g/mol. The van der Waals surface area contributed by atoms with Crippen LogP contribution in [0.25, 0.3) is 0 Å². The van der Waals surface area contributed by atoms with Crippen LogP contribution in [0.3, 0.4) is 0 Å². The van der Waals surface area contributed by atoms with Crippen molar-refractivity contribution in [3.63, 3.8) is 0 Å². The third-order valence-electron chi connectivity index (χ3n) is 3.08. The number of likely N-dealkylation sites (N-methyl/N-ethyl adjacent to an activating group) is 1. The average molecular weight is 245 g/mol. The molecule has 1 saturated heterocycles. The lowest BCUT2D eigenvalue weighted by Gasteiger charge is -2.35. The van der Waals surface area contributed by atoms with Gasteiger partial charge in [0, 0.05) is 19.1 Å². The van der Waals surface area contributed by atoms with Crippen LogP contribution in [0.1, 0.15) is 19.8 Å². The molecule has 0 spiro atoms. The van der Waals surface area contributed by atoms with Gasteiger partial charge in [-0.1, -0.05) is 0 Å². The maximum absolute atomic E-state index is 12.0. The highest BCUT2D eigenvalue weighted by atomic mass is 32.2. The fourth-order valence-corrected chi connectivity index (χ4v) is 3.21. The molecule has 5 nitrogen and oxygen atoms in total. The molecule has 0 aromatic rings. The highest BCUT2D eigenvalue weighted by Crippen LogP contribution is 2.19. The van der Waals surface area contributed by atoms with Crippen molar-refractivity contribution in [2.75, 3.05) is 27.2 Å². The van der Waals surface area contributed by atoms with E-state index in [9.17, 15) is 8.42 Å². The van der Waals surface area contributed by atoms with Gasteiger partial charge in [0.15, 0.2) is 5.25 Å². The second kappa shape index (κ2) is 5.13. The largest absolute Gasteiger partial charge is 0.305 e. The first-order valence-corrected chi connectivity index (χ1v) is 6.95. The minimum absolute atomic E-state index is 0.259. The lowest BCUT2D eigenvalue weighted by atomic mass is 10.1. The molecule has 0 saturated carbocycles. The van der Waals surface area contributed by atoms with Crippen LogP contribution in [0.2, 0.25) is 0 Å². The number of sulfonamides is 1. The molecule has 6 heteroatoms. The number of rotatable bonds is 3. The maximum Gasteiger partial charge on any atom is 0.230 e. The summed E-state index contributed by atoms with van der Waals surface area (Å²) in [7, 11) is 0.473. The Bertz CT molecular complexity index is 372. The summed E-state index contributed by atoms with van der Waals surface area (Å²) in [4.78, 5) is 2.04. The minimum atomic E-state index is -3.43. The SMILES string of the molecule is CC(C#N)S(=O)(=O)N1CCCC(N(C)C)C1. The molecule has 16 heavy (non-hydrogen) atoms. The van der Waals surface area contributed by atoms with E-state index < -0.39 is 15.3 Å². The van der Waals surface area contributed by atoms with E-state index in [-0.39, 0.29) is 6.04 Å². The fraction of sp³-hybridized carbons (Fsp3) is 0.900. The summed E-state index contributed by atoms with van der Waals surface area (Å²) in [6.45, 7) is 2.48. The van der Waals surface area contributed by atoms with Gasteiger partial charge in [-0.3, -0.25) is 0 Å². The van der Waals surface area contributed by atoms with Crippen molar-refractivity contribution in [2.45, 2.75) is 31.1 Å². The van der Waals surface area contributed by atoms with Crippen LogP contribution in [0.15, 0.2) is 0 Å². The van der Waals surface area contributed by atoms with Crippen molar-refractivity contribution >= 4 is 10.0 Å². The third kappa shape index (κ3) is 2.73. The first-order valence-electron chi connectivity index (χ1n) is 5.44. The van der Waals surface area contributed by atoms with E-state index in [1.54, 1.807) is 6.07 Å². The predicted molar refractivity (Wildman–Crippen MR) is 62.3 cm³/mol.